The molecule has 0 saturated heterocycles. The lowest BCUT2D eigenvalue weighted by molar-refractivity contribution is -0.00530. The fourth-order valence-electron chi connectivity index (χ4n) is 2.76. The van der Waals surface area contributed by atoms with E-state index in [1.165, 1.54) is 25.7 Å². The molecular formula is C15H28N2O. The Kier molecular flexibility index (Phi) is 6.67. The van der Waals surface area contributed by atoms with Crippen LogP contribution in [-0.2, 0) is 4.74 Å². The Balaban J connectivity index is 2.22. The van der Waals surface area contributed by atoms with Gasteiger partial charge in [0.1, 0.15) is 5.54 Å². The molecule has 0 aromatic heterocycles. The maximum Gasteiger partial charge on any atom is 0.109 e. The summed E-state index contributed by atoms with van der Waals surface area (Å²) < 4.78 is 6.06. The molecule has 1 fully saturated rings. The third kappa shape index (κ3) is 4.59. The van der Waals surface area contributed by atoms with E-state index in [4.69, 9.17) is 4.74 Å². The average molecular weight is 252 g/mol. The van der Waals surface area contributed by atoms with Crippen molar-refractivity contribution in [1.29, 1.82) is 5.26 Å². The standard InChI is InChI=1S/C15H28N2O/c1-4-5-6-7-8-13(2)18-14-9-10-15(11-14,12-16)17-3/h13-14,17H,4-11H2,1-3H3. The number of hydrogen-bond donors (Lipinski definition) is 1. The topological polar surface area (TPSA) is 45.0 Å². The minimum absolute atomic E-state index is 0.262. The third-order valence-electron chi connectivity index (χ3n) is 4.05. The van der Waals surface area contributed by atoms with E-state index in [9.17, 15) is 5.26 Å². The summed E-state index contributed by atoms with van der Waals surface area (Å²) in [5.41, 5.74) is -0.341. The van der Waals surface area contributed by atoms with Crippen LogP contribution in [0.1, 0.15) is 65.2 Å². The van der Waals surface area contributed by atoms with Crippen molar-refractivity contribution in [3.05, 3.63) is 0 Å². The zero-order valence-corrected chi connectivity index (χ0v) is 12.2. The zero-order chi connectivity index (χ0) is 13.4. The van der Waals surface area contributed by atoms with Gasteiger partial charge in [-0.3, -0.25) is 0 Å². The number of nitrogens with zero attached hydrogens (tertiary/aromatic N) is 1. The van der Waals surface area contributed by atoms with E-state index in [0.717, 1.165) is 25.7 Å². The lowest BCUT2D eigenvalue weighted by Gasteiger charge is -2.22. The van der Waals surface area contributed by atoms with Crippen LogP contribution in [0.5, 0.6) is 0 Å². The van der Waals surface area contributed by atoms with Crippen LogP contribution in [0.2, 0.25) is 0 Å². The minimum Gasteiger partial charge on any atom is -0.375 e. The number of ether oxygens (including phenoxy) is 1. The van der Waals surface area contributed by atoms with Gasteiger partial charge in [-0.15, -0.1) is 0 Å². The van der Waals surface area contributed by atoms with E-state index >= 15 is 0 Å². The van der Waals surface area contributed by atoms with Gasteiger partial charge in [0.25, 0.3) is 0 Å². The van der Waals surface area contributed by atoms with E-state index in [1.807, 2.05) is 7.05 Å². The van der Waals surface area contributed by atoms with Crippen molar-refractivity contribution in [2.75, 3.05) is 7.05 Å². The lowest BCUT2D eigenvalue weighted by atomic mass is 10.0. The SMILES string of the molecule is CCCCCCC(C)OC1CCC(C#N)(NC)C1. The highest BCUT2D eigenvalue weighted by Crippen LogP contribution is 2.32. The van der Waals surface area contributed by atoms with Gasteiger partial charge >= 0.3 is 0 Å². The van der Waals surface area contributed by atoms with Crippen molar-refractivity contribution in [3.8, 4) is 6.07 Å². The number of hydrogen-bond acceptors (Lipinski definition) is 3. The average Bonchev–Trinajstić information content (AvgIpc) is 2.79. The molecule has 3 nitrogen and oxygen atoms in total. The van der Waals surface area contributed by atoms with Gasteiger partial charge in [-0.1, -0.05) is 32.6 Å². The summed E-state index contributed by atoms with van der Waals surface area (Å²) in [6.45, 7) is 4.40. The Morgan fingerprint density at radius 2 is 2.22 bits per heavy atom. The van der Waals surface area contributed by atoms with E-state index in [2.05, 4.69) is 25.2 Å². The monoisotopic (exact) mass is 252 g/mol. The summed E-state index contributed by atoms with van der Waals surface area (Å²) in [6.07, 6.45) is 9.68. The van der Waals surface area contributed by atoms with E-state index < -0.39 is 0 Å². The highest BCUT2D eigenvalue weighted by atomic mass is 16.5. The first kappa shape index (κ1) is 15.5. The molecule has 0 bridgehead atoms. The minimum atomic E-state index is -0.341. The van der Waals surface area contributed by atoms with Crippen LogP contribution in [0.15, 0.2) is 0 Å². The molecule has 3 unspecified atom stereocenters. The molecule has 0 amide bonds. The molecule has 0 aromatic carbocycles. The molecule has 3 atom stereocenters. The van der Waals surface area contributed by atoms with E-state index in [0.29, 0.717) is 6.10 Å². The van der Waals surface area contributed by atoms with Gasteiger partial charge < -0.3 is 10.1 Å². The van der Waals surface area contributed by atoms with E-state index in [-0.39, 0.29) is 11.6 Å². The summed E-state index contributed by atoms with van der Waals surface area (Å²) >= 11 is 0. The first-order valence-electron chi connectivity index (χ1n) is 7.41. The van der Waals surface area contributed by atoms with Crippen molar-refractivity contribution in [1.82, 2.24) is 5.32 Å². The maximum absolute atomic E-state index is 9.20. The number of unbranched alkanes of at least 4 members (excludes halogenated alkanes) is 3. The fourth-order valence-corrected chi connectivity index (χ4v) is 2.76. The molecular weight excluding hydrogens is 224 g/mol. The molecule has 3 heteroatoms. The normalized spacial score (nSPS) is 29.1. The van der Waals surface area contributed by atoms with Crippen molar-refractivity contribution in [2.24, 2.45) is 0 Å². The molecule has 1 saturated carbocycles. The van der Waals surface area contributed by atoms with Crippen LogP contribution in [-0.4, -0.2) is 24.8 Å². The van der Waals surface area contributed by atoms with Gasteiger partial charge in [0, 0.05) is 6.42 Å². The Hall–Kier alpha value is -0.590. The second kappa shape index (κ2) is 7.76. The lowest BCUT2D eigenvalue weighted by Crippen LogP contribution is -2.39. The van der Waals surface area contributed by atoms with Crippen LogP contribution < -0.4 is 5.32 Å². The second-order valence-electron chi connectivity index (χ2n) is 5.60. The van der Waals surface area contributed by atoms with Crippen LogP contribution in [0.3, 0.4) is 0 Å². The Labute approximate surface area is 112 Å². The van der Waals surface area contributed by atoms with Crippen LogP contribution in [0, 0.1) is 11.3 Å². The van der Waals surface area contributed by atoms with Crippen molar-refractivity contribution in [3.63, 3.8) is 0 Å². The summed E-state index contributed by atoms with van der Waals surface area (Å²) in [6, 6.07) is 2.40. The molecule has 1 rings (SSSR count). The molecule has 1 aliphatic rings. The molecule has 1 N–H and O–H groups in total. The zero-order valence-electron chi connectivity index (χ0n) is 12.2. The molecule has 0 radical (unpaired) electrons. The predicted molar refractivity (Wildman–Crippen MR) is 74.3 cm³/mol. The van der Waals surface area contributed by atoms with Gasteiger partial charge in [0.2, 0.25) is 0 Å². The summed E-state index contributed by atoms with van der Waals surface area (Å²) in [5, 5.41) is 12.3. The highest BCUT2D eigenvalue weighted by molar-refractivity contribution is 5.11. The van der Waals surface area contributed by atoms with Gasteiger partial charge in [0.05, 0.1) is 18.3 Å². The Morgan fingerprint density at radius 1 is 1.44 bits per heavy atom. The molecule has 1 aliphatic carbocycles. The first-order valence-corrected chi connectivity index (χ1v) is 7.41. The van der Waals surface area contributed by atoms with Crippen molar-refractivity contribution >= 4 is 0 Å². The van der Waals surface area contributed by atoms with Crippen molar-refractivity contribution in [2.45, 2.75) is 83.0 Å². The largest absolute Gasteiger partial charge is 0.375 e. The number of rotatable bonds is 8. The quantitative estimate of drug-likeness (QED) is 0.673. The molecule has 18 heavy (non-hydrogen) atoms. The molecule has 0 aromatic rings. The summed E-state index contributed by atoms with van der Waals surface area (Å²) in [4.78, 5) is 0. The molecule has 0 heterocycles. The number of nitriles is 1. The van der Waals surface area contributed by atoms with Gasteiger partial charge in [-0.2, -0.15) is 5.26 Å². The van der Waals surface area contributed by atoms with Crippen LogP contribution >= 0.6 is 0 Å². The predicted octanol–water partition coefficient (Wildman–Crippen LogP) is 3.40. The second-order valence-corrected chi connectivity index (χ2v) is 5.60. The van der Waals surface area contributed by atoms with Gasteiger partial charge in [-0.25, -0.2) is 0 Å². The van der Waals surface area contributed by atoms with Crippen LogP contribution in [0.4, 0.5) is 0 Å². The first-order chi connectivity index (χ1) is 8.65. The fraction of sp³-hybridized carbons (Fsp3) is 0.933. The van der Waals surface area contributed by atoms with E-state index in [1.54, 1.807) is 0 Å². The molecule has 104 valence electrons. The Morgan fingerprint density at radius 3 is 2.78 bits per heavy atom. The van der Waals surface area contributed by atoms with Crippen molar-refractivity contribution < 1.29 is 4.74 Å². The molecule has 0 aliphatic heterocycles. The summed E-state index contributed by atoms with van der Waals surface area (Å²) in [7, 11) is 1.87. The highest BCUT2D eigenvalue weighted by Gasteiger charge is 2.39. The van der Waals surface area contributed by atoms with Crippen LogP contribution in [0.25, 0.3) is 0 Å². The maximum atomic E-state index is 9.20. The smallest absolute Gasteiger partial charge is 0.109 e. The van der Waals surface area contributed by atoms with Gasteiger partial charge in [0.15, 0.2) is 0 Å². The Bertz CT molecular complexity index is 274. The van der Waals surface area contributed by atoms with Gasteiger partial charge in [-0.05, 0) is 33.2 Å². The third-order valence-corrected chi connectivity index (χ3v) is 4.05. The number of nitrogens with one attached hydrogen (secondary N) is 1. The molecule has 0 spiro atoms. The summed E-state index contributed by atoms with van der Waals surface area (Å²) in [5.74, 6) is 0.